The Morgan fingerprint density at radius 1 is 0.949 bits per heavy atom. The van der Waals surface area contributed by atoms with Crippen molar-refractivity contribution in [1.29, 1.82) is 0 Å². The fraction of sp³-hybridized carbons (Fsp3) is 0.355. The molecule has 3 aromatic rings. The first kappa shape index (κ1) is 27.0. The van der Waals surface area contributed by atoms with Gasteiger partial charge in [-0.25, -0.2) is 4.79 Å². The van der Waals surface area contributed by atoms with Gasteiger partial charge in [0.15, 0.2) is 0 Å². The second-order valence-electron chi connectivity index (χ2n) is 11.3. The summed E-state index contributed by atoms with van der Waals surface area (Å²) < 4.78 is 18.3. The SMILES string of the molecule is Cc1c(CC(=O)O)cc(B2OC(C)(C)C(C)(C)O2)cc1N(C)C(=O)OCC1c2ccccc2-c2ccccc21. The minimum Gasteiger partial charge on any atom is -0.481 e. The molecule has 0 unspecified atom stereocenters. The molecule has 1 fully saturated rings. The normalized spacial score (nSPS) is 17.0. The number of carboxylic acid groups (broad SMARTS) is 1. The van der Waals surface area contributed by atoms with E-state index in [2.05, 4.69) is 24.3 Å². The van der Waals surface area contributed by atoms with Crippen molar-refractivity contribution in [2.24, 2.45) is 0 Å². The lowest BCUT2D eigenvalue weighted by molar-refractivity contribution is -0.136. The molecule has 39 heavy (non-hydrogen) atoms. The lowest BCUT2D eigenvalue weighted by Crippen LogP contribution is -2.41. The number of carbonyl (C=O) groups is 2. The van der Waals surface area contributed by atoms with E-state index in [9.17, 15) is 14.7 Å². The number of benzene rings is 3. The van der Waals surface area contributed by atoms with Gasteiger partial charge in [-0.2, -0.15) is 0 Å². The number of hydrogen-bond donors (Lipinski definition) is 1. The van der Waals surface area contributed by atoms with Crippen LogP contribution in [0.3, 0.4) is 0 Å². The molecule has 5 rings (SSSR count). The summed E-state index contributed by atoms with van der Waals surface area (Å²) >= 11 is 0. The number of nitrogens with zero attached hydrogens (tertiary/aromatic N) is 1. The molecule has 1 N–H and O–H groups in total. The fourth-order valence-corrected chi connectivity index (χ4v) is 5.38. The highest BCUT2D eigenvalue weighted by Gasteiger charge is 2.52. The van der Waals surface area contributed by atoms with Gasteiger partial charge in [0.05, 0.1) is 17.6 Å². The topological polar surface area (TPSA) is 85.3 Å². The molecule has 1 amide bonds. The van der Waals surface area contributed by atoms with Crippen LogP contribution in [0.2, 0.25) is 0 Å². The molecular formula is C31H34BNO6. The zero-order valence-corrected chi connectivity index (χ0v) is 23.3. The molecule has 1 heterocycles. The number of amides is 1. The van der Waals surface area contributed by atoms with E-state index >= 15 is 0 Å². The zero-order valence-electron chi connectivity index (χ0n) is 23.3. The second-order valence-corrected chi connectivity index (χ2v) is 11.3. The van der Waals surface area contributed by atoms with Gasteiger partial charge in [-0.1, -0.05) is 54.6 Å². The molecule has 0 aromatic heterocycles. The van der Waals surface area contributed by atoms with Gasteiger partial charge in [0.2, 0.25) is 0 Å². The number of fused-ring (bicyclic) bond motifs is 3. The van der Waals surface area contributed by atoms with Gasteiger partial charge in [0.1, 0.15) is 6.61 Å². The molecule has 7 nitrogen and oxygen atoms in total. The molecular weight excluding hydrogens is 493 g/mol. The quantitative estimate of drug-likeness (QED) is 0.438. The predicted octanol–water partition coefficient (Wildman–Crippen LogP) is 5.31. The highest BCUT2D eigenvalue weighted by molar-refractivity contribution is 6.62. The van der Waals surface area contributed by atoms with Gasteiger partial charge in [-0.15, -0.1) is 0 Å². The maximum atomic E-state index is 13.4. The molecule has 1 saturated heterocycles. The molecule has 0 atom stereocenters. The Bertz CT molecular complexity index is 1390. The average Bonchev–Trinajstić information content (AvgIpc) is 3.32. The van der Waals surface area contributed by atoms with Crippen LogP contribution in [-0.2, 0) is 25.3 Å². The summed E-state index contributed by atoms with van der Waals surface area (Å²) in [6.07, 6.45) is -0.711. The van der Waals surface area contributed by atoms with Gasteiger partial charge in [0, 0.05) is 18.7 Å². The smallest absolute Gasteiger partial charge is 0.481 e. The maximum absolute atomic E-state index is 13.4. The lowest BCUT2D eigenvalue weighted by Gasteiger charge is -2.32. The van der Waals surface area contributed by atoms with Gasteiger partial charge in [-0.05, 0) is 79.5 Å². The fourth-order valence-electron chi connectivity index (χ4n) is 5.38. The zero-order chi connectivity index (χ0) is 28.1. The summed E-state index contributed by atoms with van der Waals surface area (Å²) in [4.78, 5) is 26.5. The van der Waals surface area contributed by atoms with Crippen molar-refractivity contribution in [3.05, 3.63) is 82.9 Å². The van der Waals surface area contributed by atoms with E-state index in [0.29, 0.717) is 22.3 Å². The second kappa shape index (κ2) is 9.85. The van der Waals surface area contributed by atoms with Crippen LogP contribution in [0.1, 0.15) is 55.9 Å². The van der Waals surface area contributed by atoms with Gasteiger partial charge >= 0.3 is 19.2 Å². The Hall–Kier alpha value is -3.62. The van der Waals surface area contributed by atoms with Crippen LogP contribution in [-0.4, -0.2) is 49.1 Å². The summed E-state index contributed by atoms with van der Waals surface area (Å²) in [5, 5.41) is 9.55. The van der Waals surface area contributed by atoms with Crippen LogP contribution in [0, 0.1) is 6.92 Å². The van der Waals surface area contributed by atoms with Crippen molar-refractivity contribution in [3.63, 3.8) is 0 Å². The van der Waals surface area contributed by atoms with E-state index in [-0.39, 0.29) is 18.9 Å². The van der Waals surface area contributed by atoms with Crippen molar-refractivity contribution in [2.45, 2.75) is 58.2 Å². The third-order valence-corrected chi connectivity index (χ3v) is 8.35. The molecule has 1 aliphatic carbocycles. The molecule has 3 aromatic carbocycles. The average molecular weight is 527 g/mol. The number of rotatable bonds is 6. The Labute approximate surface area is 229 Å². The van der Waals surface area contributed by atoms with Crippen molar-refractivity contribution >= 4 is 30.3 Å². The third kappa shape index (κ3) is 4.83. The first-order valence-electron chi connectivity index (χ1n) is 13.2. The number of aliphatic carboxylic acids is 1. The van der Waals surface area contributed by atoms with Crippen LogP contribution >= 0.6 is 0 Å². The highest BCUT2D eigenvalue weighted by atomic mass is 16.7. The summed E-state index contributed by atoms with van der Waals surface area (Å²) in [5.41, 5.74) is 5.95. The number of hydrogen-bond acceptors (Lipinski definition) is 5. The third-order valence-electron chi connectivity index (χ3n) is 8.35. The Kier molecular flexibility index (Phi) is 6.81. The van der Waals surface area contributed by atoms with Gasteiger partial charge in [-0.3, -0.25) is 9.69 Å². The Morgan fingerprint density at radius 3 is 2.03 bits per heavy atom. The first-order valence-corrected chi connectivity index (χ1v) is 13.2. The number of anilines is 1. The van der Waals surface area contributed by atoms with Crippen LogP contribution in [0.4, 0.5) is 10.5 Å². The molecule has 1 aliphatic heterocycles. The monoisotopic (exact) mass is 527 g/mol. The molecule has 202 valence electrons. The molecule has 0 bridgehead atoms. The first-order chi connectivity index (χ1) is 18.4. The molecule has 8 heteroatoms. The Morgan fingerprint density at radius 2 is 1.49 bits per heavy atom. The molecule has 2 aliphatic rings. The summed E-state index contributed by atoms with van der Waals surface area (Å²) in [7, 11) is 0.942. The van der Waals surface area contributed by atoms with E-state index in [1.165, 1.54) is 4.90 Å². The van der Waals surface area contributed by atoms with E-state index < -0.39 is 30.4 Å². The molecule has 0 saturated carbocycles. The minimum atomic E-state index is -0.959. The van der Waals surface area contributed by atoms with Crippen molar-refractivity contribution in [3.8, 4) is 11.1 Å². The van der Waals surface area contributed by atoms with E-state index in [1.54, 1.807) is 13.1 Å². The van der Waals surface area contributed by atoms with E-state index in [1.807, 2.05) is 65.0 Å². The lowest BCUT2D eigenvalue weighted by atomic mass is 9.77. The minimum absolute atomic E-state index is 0.0606. The maximum Gasteiger partial charge on any atom is 0.494 e. The van der Waals surface area contributed by atoms with Crippen molar-refractivity contribution < 1.29 is 28.7 Å². The number of ether oxygens (including phenoxy) is 1. The number of carboxylic acids is 1. The van der Waals surface area contributed by atoms with Crippen LogP contribution in [0.5, 0.6) is 0 Å². The largest absolute Gasteiger partial charge is 0.494 e. The standard InChI is InChI=1S/C31H34BNO6/c1-19-20(16-28(34)35)15-21(32-38-30(2,3)31(4,5)39-32)17-27(19)33(6)29(36)37-18-26-24-13-9-7-11-22(24)23-12-8-10-14-25(23)26/h7-15,17,26H,16,18H2,1-6H3,(H,34,35). The van der Waals surface area contributed by atoms with Crippen molar-refractivity contribution in [2.75, 3.05) is 18.6 Å². The summed E-state index contributed by atoms with van der Waals surface area (Å²) in [6, 6.07) is 20.0. The Balaban J connectivity index is 1.41. The van der Waals surface area contributed by atoms with Gasteiger partial charge in [0.25, 0.3) is 0 Å². The molecule has 0 radical (unpaired) electrons. The van der Waals surface area contributed by atoms with Crippen LogP contribution < -0.4 is 10.4 Å². The highest BCUT2D eigenvalue weighted by Crippen LogP contribution is 2.44. The van der Waals surface area contributed by atoms with Gasteiger partial charge < -0.3 is 19.2 Å². The van der Waals surface area contributed by atoms with Crippen LogP contribution in [0.25, 0.3) is 11.1 Å². The van der Waals surface area contributed by atoms with E-state index in [4.69, 9.17) is 14.0 Å². The number of carbonyl (C=O) groups excluding carboxylic acids is 1. The molecule has 0 spiro atoms. The van der Waals surface area contributed by atoms with Crippen molar-refractivity contribution in [1.82, 2.24) is 0 Å². The predicted molar refractivity (Wildman–Crippen MR) is 152 cm³/mol. The summed E-state index contributed by atoms with van der Waals surface area (Å²) in [6.45, 7) is 9.85. The summed E-state index contributed by atoms with van der Waals surface area (Å²) in [5.74, 6) is -1.02. The van der Waals surface area contributed by atoms with E-state index in [0.717, 1.165) is 22.3 Å². The van der Waals surface area contributed by atoms with Crippen LogP contribution in [0.15, 0.2) is 60.7 Å².